The molecule has 7 heteroatoms. The van der Waals surface area contributed by atoms with Gasteiger partial charge in [0.1, 0.15) is 0 Å². The highest BCUT2D eigenvalue weighted by molar-refractivity contribution is 5.67. The summed E-state index contributed by atoms with van der Waals surface area (Å²) in [6.45, 7) is 2.66. The number of amides is 1. The van der Waals surface area contributed by atoms with Gasteiger partial charge in [0.2, 0.25) is 0 Å². The minimum Gasteiger partial charge on any atom is -0.440 e. The number of nitrogens with one attached hydrogen (secondary N) is 1. The van der Waals surface area contributed by atoms with Gasteiger partial charge in [0, 0.05) is 12.6 Å². The van der Waals surface area contributed by atoms with E-state index in [0.717, 1.165) is 25.9 Å². The van der Waals surface area contributed by atoms with Crippen molar-refractivity contribution in [3.05, 3.63) is 0 Å². The quantitative estimate of drug-likeness (QED) is 0.831. The van der Waals surface area contributed by atoms with Crippen LogP contribution in [0.1, 0.15) is 19.8 Å². The van der Waals surface area contributed by atoms with E-state index in [1.165, 1.54) is 0 Å². The normalized spacial score (nSPS) is 21.5. The fourth-order valence-corrected chi connectivity index (χ4v) is 1.94. The number of carbonyl (C=O) groups excluding carboxylic acids is 1. The van der Waals surface area contributed by atoms with Crippen molar-refractivity contribution in [1.29, 1.82) is 0 Å². The summed E-state index contributed by atoms with van der Waals surface area (Å²) >= 11 is 0. The molecule has 1 fully saturated rings. The molecule has 1 N–H and O–H groups in total. The predicted octanol–water partition coefficient (Wildman–Crippen LogP) is 1.76. The van der Waals surface area contributed by atoms with E-state index in [2.05, 4.69) is 15.0 Å². The Bertz CT molecular complexity index is 258. The highest BCUT2D eigenvalue weighted by atomic mass is 19.4. The van der Waals surface area contributed by atoms with Crippen LogP contribution in [0.3, 0.4) is 0 Å². The zero-order valence-electron chi connectivity index (χ0n) is 9.72. The van der Waals surface area contributed by atoms with Crippen LogP contribution in [0.15, 0.2) is 0 Å². The van der Waals surface area contributed by atoms with E-state index >= 15 is 0 Å². The summed E-state index contributed by atoms with van der Waals surface area (Å²) in [6.07, 6.45) is -3.48. The minimum atomic E-state index is -4.47. The highest BCUT2D eigenvalue weighted by Crippen LogP contribution is 2.16. The Labute approximate surface area is 98.1 Å². The van der Waals surface area contributed by atoms with E-state index in [4.69, 9.17) is 0 Å². The van der Waals surface area contributed by atoms with Crippen LogP contribution in [0.4, 0.5) is 18.0 Å². The summed E-state index contributed by atoms with van der Waals surface area (Å²) < 4.78 is 39.3. The minimum absolute atomic E-state index is 0.207. The molecule has 1 heterocycles. The van der Waals surface area contributed by atoms with Gasteiger partial charge >= 0.3 is 12.3 Å². The van der Waals surface area contributed by atoms with Crippen LogP contribution in [0.2, 0.25) is 0 Å². The largest absolute Gasteiger partial charge is 0.440 e. The zero-order valence-corrected chi connectivity index (χ0v) is 9.72. The van der Waals surface area contributed by atoms with Crippen LogP contribution in [-0.2, 0) is 4.74 Å². The molecule has 1 unspecified atom stereocenters. The SMILES string of the molecule is CCN1CCCC1CNC(=O)OCC(F)(F)F. The number of hydrogen-bond donors (Lipinski definition) is 1. The number of hydrogen-bond acceptors (Lipinski definition) is 3. The molecule has 1 rings (SSSR count). The van der Waals surface area contributed by atoms with Crippen molar-refractivity contribution in [2.45, 2.75) is 32.0 Å². The van der Waals surface area contributed by atoms with E-state index < -0.39 is 18.9 Å². The Morgan fingerprint density at radius 2 is 2.24 bits per heavy atom. The van der Waals surface area contributed by atoms with Crippen LogP contribution in [-0.4, -0.2) is 49.5 Å². The van der Waals surface area contributed by atoms with Crippen molar-refractivity contribution in [2.75, 3.05) is 26.2 Å². The Morgan fingerprint density at radius 1 is 1.53 bits per heavy atom. The first kappa shape index (κ1) is 14.1. The van der Waals surface area contributed by atoms with Crippen molar-refractivity contribution in [1.82, 2.24) is 10.2 Å². The molecule has 0 saturated carbocycles. The predicted molar refractivity (Wildman–Crippen MR) is 55.7 cm³/mol. The molecule has 17 heavy (non-hydrogen) atoms. The highest BCUT2D eigenvalue weighted by Gasteiger charge is 2.30. The number of alkyl halides is 3. The van der Waals surface area contributed by atoms with Gasteiger partial charge in [0.15, 0.2) is 6.61 Å². The second kappa shape index (κ2) is 6.09. The maximum absolute atomic E-state index is 11.8. The van der Waals surface area contributed by atoms with E-state index in [1.807, 2.05) is 6.92 Å². The number of rotatable bonds is 4. The molecule has 1 saturated heterocycles. The lowest BCUT2D eigenvalue weighted by Crippen LogP contribution is -2.40. The van der Waals surface area contributed by atoms with Crippen LogP contribution in [0.5, 0.6) is 0 Å². The van der Waals surface area contributed by atoms with E-state index in [1.54, 1.807) is 0 Å². The maximum atomic E-state index is 11.8. The summed E-state index contributed by atoms with van der Waals surface area (Å²) in [5, 5.41) is 2.36. The molecule has 0 aromatic rings. The van der Waals surface area contributed by atoms with Gasteiger partial charge < -0.3 is 10.1 Å². The maximum Gasteiger partial charge on any atom is 0.422 e. The summed E-state index contributed by atoms with van der Waals surface area (Å²) in [4.78, 5) is 13.2. The van der Waals surface area contributed by atoms with Gasteiger partial charge in [-0.1, -0.05) is 6.92 Å². The fourth-order valence-electron chi connectivity index (χ4n) is 1.94. The van der Waals surface area contributed by atoms with Crippen molar-refractivity contribution in [2.24, 2.45) is 0 Å². The van der Waals surface area contributed by atoms with Crippen LogP contribution < -0.4 is 5.32 Å². The average molecular weight is 254 g/mol. The van der Waals surface area contributed by atoms with Crippen LogP contribution in [0.25, 0.3) is 0 Å². The van der Waals surface area contributed by atoms with Crippen LogP contribution >= 0.6 is 0 Å². The zero-order chi connectivity index (χ0) is 12.9. The lowest BCUT2D eigenvalue weighted by atomic mass is 10.2. The third kappa shape index (κ3) is 5.25. The van der Waals surface area contributed by atoms with Crippen LogP contribution in [0, 0.1) is 0 Å². The Balaban J connectivity index is 2.19. The Morgan fingerprint density at radius 3 is 2.82 bits per heavy atom. The summed E-state index contributed by atoms with van der Waals surface area (Å²) in [7, 11) is 0. The van der Waals surface area contributed by atoms with Gasteiger partial charge in [0.25, 0.3) is 0 Å². The monoisotopic (exact) mass is 254 g/mol. The molecule has 0 radical (unpaired) electrons. The Kier molecular flexibility index (Phi) is 5.04. The number of halogens is 3. The molecule has 0 bridgehead atoms. The summed E-state index contributed by atoms with van der Waals surface area (Å²) in [5.41, 5.74) is 0. The first-order chi connectivity index (χ1) is 7.92. The second-order valence-corrected chi connectivity index (χ2v) is 4.00. The molecule has 0 aromatic heterocycles. The third-order valence-electron chi connectivity index (χ3n) is 2.75. The molecule has 1 aliphatic rings. The number of likely N-dealkylation sites (tertiary alicyclic amines) is 1. The van der Waals surface area contributed by atoms with Crippen molar-refractivity contribution >= 4 is 6.09 Å². The molecule has 0 spiro atoms. The lowest BCUT2D eigenvalue weighted by Gasteiger charge is -2.22. The van der Waals surface area contributed by atoms with Gasteiger partial charge in [-0.25, -0.2) is 4.79 Å². The lowest BCUT2D eigenvalue weighted by molar-refractivity contribution is -0.160. The molecular formula is C10H17F3N2O2. The van der Waals surface area contributed by atoms with Gasteiger partial charge in [-0.3, -0.25) is 4.90 Å². The fraction of sp³-hybridized carbons (Fsp3) is 0.900. The number of likely N-dealkylation sites (N-methyl/N-ethyl adjacent to an activating group) is 1. The van der Waals surface area contributed by atoms with E-state index in [9.17, 15) is 18.0 Å². The molecule has 1 atom stereocenters. The van der Waals surface area contributed by atoms with E-state index in [-0.39, 0.29) is 6.04 Å². The first-order valence-corrected chi connectivity index (χ1v) is 5.64. The topological polar surface area (TPSA) is 41.6 Å². The second-order valence-electron chi connectivity index (χ2n) is 4.00. The molecular weight excluding hydrogens is 237 g/mol. The molecule has 1 amide bonds. The summed E-state index contributed by atoms with van der Waals surface area (Å²) in [6, 6.07) is 0.207. The Hall–Kier alpha value is -0.980. The molecule has 1 aliphatic heterocycles. The van der Waals surface area contributed by atoms with Gasteiger partial charge in [-0.2, -0.15) is 13.2 Å². The molecule has 0 aromatic carbocycles. The van der Waals surface area contributed by atoms with Crippen molar-refractivity contribution < 1.29 is 22.7 Å². The van der Waals surface area contributed by atoms with Gasteiger partial charge in [0.05, 0.1) is 0 Å². The smallest absolute Gasteiger partial charge is 0.422 e. The van der Waals surface area contributed by atoms with Gasteiger partial charge in [-0.05, 0) is 25.9 Å². The molecule has 4 nitrogen and oxygen atoms in total. The molecule has 100 valence electrons. The molecule has 0 aliphatic carbocycles. The number of alkyl carbamates (subject to hydrolysis) is 1. The first-order valence-electron chi connectivity index (χ1n) is 5.64. The van der Waals surface area contributed by atoms with Crippen molar-refractivity contribution in [3.63, 3.8) is 0 Å². The average Bonchev–Trinajstić information content (AvgIpc) is 2.69. The number of carbonyl (C=O) groups is 1. The number of nitrogens with zero attached hydrogens (tertiary/aromatic N) is 1. The van der Waals surface area contributed by atoms with Gasteiger partial charge in [-0.15, -0.1) is 0 Å². The standard InChI is InChI=1S/C10H17F3N2O2/c1-2-15-5-3-4-8(15)6-14-9(16)17-7-10(11,12)13/h8H,2-7H2,1H3,(H,14,16). The van der Waals surface area contributed by atoms with E-state index in [0.29, 0.717) is 6.54 Å². The van der Waals surface area contributed by atoms with Crippen molar-refractivity contribution in [3.8, 4) is 0 Å². The summed E-state index contributed by atoms with van der Waals surface area (Å²) in [5.74, 6) is 0. The number of ether oxygens (including phenoxy) is 1. The third-order valence-corrected chi connectivity index (χ3v) is 2.75.